The van der Waals surface area contributed by atoms with Crippen LogP contribution >= 0.6 is 11.6 Å². The molecule has 0 radical (unpaired) electrons. The van der Waals surface area contributed by atoms with Gasteiger partial charge in [0.25, 0.3) is 0 Å². The monoisotopic (exact) mass is 495 g/mol. The Morgan fingerprint density at radius 3 is 2.27 bits per heavy atom. The predicted molar refractivity (Wildman–Crippen MR) is 124 cm³/mol. The maximum Gasteiger partial charge on any atom is 0.309 e. The molecule has 3 rings (SSSR count). The number of piperidine rings is 1. The van der Waals surface area contributed by atoms with E-state index in [2.05, 4.69) is 10.6 Å². The molecule has 2 amide bonds. The standard InChI is InChI=1S/C23H27ClFN3O4S/c24-18-6-10-21(11-7-18)33(31,32)28-16-2-1-3-20(28)13-15-27-23(30)22(29)26-14-12-17-4-8-19(25)9-5-17/h4-11,20H,1-3,12-16H2,(H,26,29)(H,27,30)/t20-/m0/s1. The van der Waals surface area contributed by atoms with E-state index >= 15 is 0 Å². The molecule has 1 aliphatic rings. The molecule has 0 unspecified atom stereocenters. The zero-order valence-corrected chi connectivity index (χ0v) is 19.7. The minimum absolute atomic E-state index is 0.182. The Morgan fingerprint density at radius 1 is 0.970 bits per heavy atom. The van der Waals surface area contributed by atoms with E-state index in [9.17, 15) is 22.4 Å². The number of halogens is 2. The first-order chi connectivity index (χ1) is 15.8. The summed E-state index contributed by atoms with van der Waals surface area (Å²) in [6.45, 7) is 0.836. The average molecular weight is 496 g/mol. The van der Waals surface area contributed by atoms with Gasteiger partial charge in [-0.2, -0.15) is 4.31 Å². The topological polar surface area (TPSA) is 95.6 Å². The Hall–Kier alpha value is -2.49. The Balaban J connectivity index is 1.47. The Morgan fingerprint density at radius 2 is 1.61 bits per heavy atom. The van der Waals surface area contributed by atoms with Crippen LogP contribution in [0, 0.1) is 5.82 Å². The molecule has 1 fully saturated rings. The van der Waals surface area contributed by atoms with Crippen LogP contribution in [0.4, 0.5) is 4.39 Å². The maximum absolute atomic E-state index is 13.1. The highest BCUT2D eigenvalue weighted by Crippen LogP contribution is 2.27. The molecule has 1 heterocycles. The summed E-state index contributed by atoms with van der Waals surface area (Å²) < 4.78 is 40.6. The molecular weight excluding hydrogens is 469 g/mol. The van der Waals surface area contributed by atoms with E-state index < -0.39 is 21.8 Å². The van der Waals surface area contributed by atoms with Gasteiger partial charge in [0.15, 0.2) is 0 Å². The van der Waals surface area contributed by atoms with Crippen LogP contribution in [0.1, 0.15) is 31.2 Å². The van der Waals surface area contributed by atoms with Crippen molar-refractivity contribution in [2.24, 2.45) is 0 Å². The average Bonchev–Trinajstić information content (AvgIpc) is 2.80. The summed E-state index contributed by atoms with van der Waals surface area (Å²) >= 11 is 5.87. The minimum atomic E-state index is -3.68. The van der Waals surface area contributed by atoms with Crippen LogP contribution in [-0.2, 0) is 26.0 Å². The summed E-state index contributed by atoms with van der Waals surface area (Å²) in [5.41, 5.74) is 0.844. The first-order valence-electron chi connectivity index (χ1n) is 10.9. The highest BCUT2D eigenvalue weighted by Gasteiger charge is 2.33. The molecule has 0 bridgehead atoms. The van der Waals surface area contributed by atoms with Gasteiger partial charge in [-0.3, -0.25) is 9.59 Å². The van der Waals surface area contributed by atoms with Crippen molar-refractivity contribution in [3.8, 4) is 0 Å². The normalized spacial score (nSPS) is 16.8. The molecule has 1 atom stereocenters. The molecule has 0 aromatic heterocycles. The van der Waals surface area contributed by atoms with Gasteiger partial charge in [-0.15, -0.1) is 0 Å². The number of hydrogen-bond acceptors (Lipinski definition) is 4. The highest BCUT2D eigenvalue weighted by molar-refractivity contribution is 7.89. The van der Waals surface area contributed by atoms with Crippen molar-refractivity contribution in [3.05, 3.63) is 64.9 Å². The van der Waals surface area contributed by atoms with Gasteiger partial charge in [-0.05, 0) is 67.6 Å². The number of nitrogens with zero attached hydrogens (tertiary/aromatic N) is 1. The minimum Gasteiger partial charge on any atom is -0.348 e. The number of rotatable bonds is 8. The largest absolute Gasteiger partial charge is 0.348 e. The van der Waals surface area contributed by atoms with Gasteiger partial charge in [0.05, 0.1) is 4.90 Å². The lowest BCUT2D eigenvalue weighted by Crippen LogP contribution is -2.46. The summed E-state index contributed by atoms with van der Waals surface area (Å²) in [4.78, 5) is 24.3. The molecule has 0 aliphatic carbocycles. The Kier molecular flexibility index (Phi) is 8.82. The summed E-state index contributed by atoms with van der Waals surface area (Å²) in [5, 5.41) is 5.56. The number of carbonyl (C=O) groups excluding carboxylic acids is 2. The lowest BCUT2D eigenvalue weighted by Gasteiger charge is -2.34. The molecule has 7 nitrogen and oxygen atoms in total. The van der Waals surface area contributed by atoms with Crippen LogP contribution < -0.4 is 10.6 Å². The summed E-state index contributed by atoms with van der Waals surface area (Å²) in [6.07, 6.45) is 3.23. The molecule has 2 aromatic rings. The quantitative estimate of drug-likeness (QED) is 0.550. The van der Waals surface area contributed by atoms with Crippen molar-refractivity contribution in [3.63, 3.8) is 0 Å². The highest BCUT2D eigenvalue weighted by atomic mass is 35.5. The van der Waals surface area contributed by atoms with Gasteiger partial charge in [0.2, 0.25) is 10.0 Å². The third kappa shape index (κ3) is 6.99. The van der Waals surface area contributed by atoms with Gasteiger partial charge >= 0.3 is 11.8 Å². The van der Waals surface area contributed by atoms with Gasteiger partial charge in [0.1, 0.15) is 5.82 Å². The van der Waals surface area contributed by atoms with E-state index in [1.165, 1.54) is 28.6 Å². The second-order valence-corrected chi connectivity index (χ2v) is 10.2. The van der Waals surface area contributed by atoms with E-state index in [4.69, 9.17) is 11.6 Å². The van der Waals surface area contributed by atoms with Gasteiger partial charge in [0, 0.05) is 30.7 Å². The number of nitrogens with one attached hydrogen (secondary N) is 2. The summed E-state index contributed by atoms with van der Waals surface area (Å²) in [7, 11) is -3.68. The van der Waals surface area contributed by atoms with Crippen molar-refractivity contribution in [2.45, 2.75) is 43.0 Å². The molecule has 178 valence electrons. The zero-order valence-electron chi connectivity index (χ0n) is 18.1. The maximum atomic E-state index is 13.1. The smallest absolute Gasteiger partial charge is 0.309 e. The van der Waals surface area contributed by atoms with Crippen LogP contribution in [0.3, 0.4) is 0 Å². The fourth-order valence-corrected chi connectivity index (χ4v) is 5.65. The van der Waals surface area contributed by atoms with Crippen LogP contribution in [0.15, 0.2) is 53.4 Å². The SMILES string of the molecule is O=C(NCCc1ccc(F)cc1)C(=O)NCC[C@@H]1CCCCN1S(=O)(=O)c1ccc(Cl)cc1. The van der Waals surface area contributed by atoms with Gasteiger partial charge in [-0.1, -0.05) is 30.2 Å². The van der Waals surface area contributed by atoms with E-state index in [0.717, 1.165) is 18.4 Å². The second kappa shape index (κ2) is 11.6. The fraction of sp³-hybridized carbons (Fsp3) is 0.391. The first kappa shape index (κ1) is 25.1. The second-order valence-electron chi connectivity index (χ2n) is 7.90. The summed E-state index contributed by atoms with van der Waals surface area (Å²) in [6, 6.07) is 11.7. The fourth-order valence-electron chi connectivity index (χ4n) is 3.81. The molecule has 2 aromatic carbocycles. The van der Waals surface area contributed by atoms with Crippen molar-refractivity contribution >= 4 is 33.4 Å². The third-order valence-electron chi connectivity index (χ3n) is 5.58. The molecule has 0 saturated carbocycles. The molecule has 33 heavy (non-hydrogen) atoms. The summed E-state index contributed by atoms with van der Waals surface area (Å²) in [5.74, 6) is -1.86. The van der Waals surface area contributed by atoms with E-state index in [1.54, 1.807) is 24.3 Å². The van der Waals surface area contributed by atoms with Crippen molar-refractivity contribution in [1.82, 2.24) is 14.9 Å². The number of amides is 2. The number of benzene rings is 2. The first-order valence-corrected chi connectivity index (χ1v) is 12.7. The third-order valence-corrected chi connectivity index (χ3v) is 7.79. The van der Waals surface area contributed by atoms with Crippen molar-refractivity contribution in [1.29, 1.82) is 0 Å². The van der Waals surface area contributed by atoms with E-state index in [1.807, 2.05) is 0 Å². The molecule has 10 heteroatoms. The number of hydrogen-bond donors (Lipinski definition) is 2. The Labute approximate surface area is 198 Å². The van der Waals surface area contributed by atoms with E-state index in [-0.39, 0.29) is 29.8 Å². The van der Waals surface area contributed by atoms with Crippen LogP contribution in [0.2, 0.25) is 5.02 Å². The molecular formula is C23H27ClFN3O4S. The lowest BCUT2D eigenvalue weighted by molar-refractivity contribution is -0.139. The van der Waals surface area contributed by atoms with E-state index in [0.29, 0.717) is 30.8 Å². The van der Waals surface area contributed by atoms with Crippen molar-refractivity contribution < 1.29 is 22.4 Å². The predicted octanol–water partition coefficient (Wildman–Crippen LogP) is 2.89. The number of carbonyl (C=O) groups is 2. The molecule has 2 N–H and O–H groups in total. The molecule has 1 aliphatic heterocycles. The van der Waals surface area contributed by atoms with Crippen LogP contribution in [0.5, 0.6) is 0 Å². The molecule has 0 spiro atoms. The molecule has 1 saturated heterocycles. The Bertz CT molecular complexity index is 1060. The van der Waals surface area contributed by atoms with Crippen molar-refractivity contribution in [2.75, 3.05) is 19.6 Å². The van der Waals surface area contributed by atoms with Crippen LogP contribution in [-0.4, -0.2) is 50.2 Å². The zero-order chi connectivity index (χ0) is 23.8. The number of sulfonamides is 1. The van der Waals surface area contributed by atoms with Crippen LogP contribution in [0.25, 0.3) is 0 Å². The van der Waals surface area contributed by atoms with Gasteiger partial charge < -0.3 is 10.6 Å². The lowest BCUT2D eigenvalue weighted by atomic mass is 10.0. The van der Waals surface area contributed by atoms with Gasteiger partial charge in [-0.25, -0.2) is 12.8 Å².